The quantitative estimate of drug-likeness (QED) is 0.595. The summed E-state index contributed by atoms with van der Waals surface area (Å²) in [6.07, 6.45) is 3.01. The molecule has 0 bridgehead atoms. The number of unbranched alkanes of at least 4 members (excludes halogenated alkanes) is 1. The van der Waals surface area contributed by atoms with Gasteiger partial charge < -0.3 is 10.1 Å². The molecule has 0 fully saturated rings. The van der Waals surface area contributed by atoms with E-state index in [-0.39, 0.29) is 6.03 Å². The molecule has 0 unspecified atom stereocenters. The minimum absolute atomic E-state index is 0.303. The number of rotatable bonds is 7. The maximum Gasteiger partial charge on any atom is 0.324 e. The maximum atomic E-state index is 12.5. The van der Waals surface area contributed by atoms with Crippen LogP contribution in [0.4, 0.5) is 16.3 Å². The number of amides is 2. The van der Waals surface area contributed by atoms with E-state index < -0.39 is 0 Å². The predicted octanol–water partition coefficient (Wildman–Crippen LogP) is 5.18. The Hall–Kier alpha value is -3.28. The van der Waals surface area contributed by atoms with E-state index in [4.69, 9.17) is 4.74 Å². The second-order valence-electron chi connectivity index (χ2n) is 6.68. The molecule has 2 aromatic carbocycles. The number of nitrogens with zero attached hydrogens (tertiary/aromatic N) is 2. The number of nitrogens with one attached hydrogen (secondary N) is 2. The Morgan fingerprint density at radius 3 is 2.57 bits per heavy atom. The fourth-order valence-corrected chi connectivity index (χ4v) is 2.92. The molecule has 0 saturated heterocycles. The van der Waals surface area contributed by atoms with Crippen molar-refractivity contribution < 1.29 is 9.53 Å². The van der Waals surface area contributed by atoms with Crippen molar-refractivity contribution in [3.63, 3.8) is 0 Å². The van der Waals surface area contributed by atoms with E-state index in [1.807, 2.05) is 61.5 Å². The van der Waals surface area contributed by atoms with Crippen LogP contribution in [0.5, 0.6) is 5.75 Å². The molecule has 0 aliphatic heterocycles. The summed E-state index contributed by atoms with van der Waals surface area (Å²) in [5, 5.41) is 10.5. The van der Waals surface area contributed by atoms with Crippen molar-refractivity contribution in [1.29, 1.82) is 0 Å². The zero-order valence-corrected chi connectivity index (χ0v) is 16.5. The van der Waals surface area contributed by atoms with Crippen molar-refractivity contribution in [2.45, 2.75) is 33.1 Å². The van der Waals surface area contributed by atoms with E-state index in [1.165, 1.54) is 0 Å². The number of urea groups is 1. The number of anilines is 2. The SMILES string of the molecule is CCCCc1cc(NC(=O)Nc2cccc(C)c2)n(-c2ccc(OC)cc2)n1. The van der Waals surface area contributed by atoms with Crippen LogP contribution in [0.1, 0.15) is 31.0 Å². The number of carbonyl (C=O) groups is 1. The third-order valence-electron chi connectivity index (χ3n) is 4.38. The fourth-order valence-electron chi connectivity index (χ4n) is 2.92. The Kier molecular flexibility index (Phi) is 6.32. The Morgan fingerprint density at radius 1 is 1.11 bits per heavy atom. The summed E-state index contributed by atoms with van der Waals surface area (Å²) < 4.78 is 6.98. The van der Waals surface area contributed by atoms with E-state index in [2.05, 4.69) is 22.7 Å². The normalized spacial score (nSPS) is 10.5. The third-order valence-corrected chi connectivity index (χ3v) is 4.38. The van der Waals surface area contributed by atoms with Crippen molar-refractivity contribution in [2.75, 3.05) is 17.7 Å². The van der Waals surface area contributed by atoms with Crippen LogP contribution >= 0.6 is 0 Å². The molecule has 2 N–H and O–H groups in total. The van der Waals surface area contributed by atoms with E-state index in [1.54, 1.807) is 11.8 Å². The predicted molar refractivity (Wildman–Crippen MR) is 113 cm³/mol. The fraction of sp³-hybridized carbons (Fsp3) is 0.273. The summed E-state index contributed by atoms with van der Waals surface area (Å²) in [5.41, 5.74) is 3.64. The molecule has 1 heterocycles. The summed E-state index contributed by atoms with van der Waals surface area (Å²) in [6.45, 7) is 4.14. The Morgan fingerprint density at radius 2 is 1.89 bits per heavy atom. The first-order chi connectivity index (χ1) is 13.6. The van der Waals surface area contributed by atoms with Gasteiger partial charge in [0.1, 0.15) is 11.6 Å². The van der Waals surface area contributed by atoms with E-state index in [0.29, 0.717) is 5.82 Å². The van der Waals surface area contributed by atoms with Crippen LogP contribution in [-0.4, -0.2) is 22.9 Å². The highest BCUT2D eigenvalue weighted by Crippen LogP contribution is 2.21. The van der Waals surface area contributed by atoms with Gasteiger partial charge in [-0.05, 0) is 61.7 Å². The van der Waals surface area contributed by atoms with E-state index >= 15 is 0 Å². The maximum absolute atomic E-state index is 12.5. The minimum Gasteiger partial charge on any atom is -0.497 e. The first-order valence-electron chi connectivity index (χ1n) is 9.47. The summed E-state index contributed by atoms with van der Waals surface area (Å²) in [7, 11) is 1.63. The number of ether oxygens (including phenoxy) is 1. The molecule has 6 heteroatoms. The average Bonchev–Trinajstić information content (AvgIpc) is 3.08. The second-order valence-corrected chi connectivity index (χ2v) is 6.68. The molecule has 1 aromatic heterocycles. The highest BCUT2D eigenvalue weighted by molar-refractivity contribution is 5.99. The highest BCUT2D eigenvalue weighted by atomic mass is 16.5. The van der Waals surface area contributed by atoms with Crippen LogP contribution in [0.15, 0.2) is 54.6 Å². The van der Waals surface area contributed by atoms with Crippen LogP contribution in [0.25, 0.3) is 5.69 Å². The molecule has 3 aromatic rings. The lowest BCUT2D eigenvalue weighted by Crippen LogP contribution is -2.21. The lowest BCUT2D eigenvalue weighted by molar-refractivity contribution is 0.262. The molecule has 3 rings (SSSR count). The molecule has 0 aliphatic rings. The van der Waals surface area contributed by atoms with Gasteiger partial charge in [-0.3, -0.25) is 5.32 Å². The van der Waals surface area contributed by atoms with Gasteiger partial charge in [0.05, 0.1) is 18.5 Å². The number of aryl methyl sites for hydroxylation is 2. The van der Waals surface area contributed by atoms with Gasteiger partial charge in [0.15, 0.2) is 0 Å². The molecule has 0 saturated carbocycles. The van der Waals surface area contributed by atoms with E-state index in [0.717, 1.165) is 47.6 Å². The number of carbonyl (C=O) groups excluding carboxylic acids is 1. The lowest BCUT2D eigenvalue weighted by atomic mass is 10.2. The lowest BCUT2D eigenvalue weighted by Gasteiger charge is -2.11. The van der Waals surface area contributed by atoms with Gasteiger partial charge in [-0.15, -0.1) is 0 Å². The van der Waals surface area contributed by atoms with Crippen LogP contribution < -0.4 is 15.4 Å². The van der Waals surface area contributed by atoms with Gasteiger partial charge in [0.25, 0.3) is 0 Å². The van der Waals surface area contributed by atoms with Crippen molar-refractivity contribution in [2.24, 2.45) is 0 Å². The van der Waals surface area contributed by atoms with Gasteiger partial charge in [0.2, 0.25) is 0 Å². The summed E-state index contributed by atoms with van der Waals surface area (Å²) in [4.78, 5) is 12.5. The van der Waals surface area contributed by atoms with Crippen molar-refractivity contribution in [1.82, 2.24) is 9.78 Å². The Balaban J connectivity index is 1.82. The van der Waals surface area contributed by atoms with Crippen molar-refractivity contribution in [3.8, 4) is 11.4 Å². The minimum atomic E-state index is -0.303. The first-order valence-corrected chi connectivity index (χ1v) is 9.47. The van der Waals surface area contributed by atoms with Crippen LogP contribution in [-0.2, 0) is 6.42 Å². The van der Waals surface area contributed by atoms with Crippen molar-refractivity contribution in [3.05, 3.63) is 65.9 Å². The molecule has 0 radical (unpaired) electrons. The van der Waals surface area contributed by atoms with E-state index in [9.17, 15) is 4.79 Å². The number of aromatic nitrogens is 2. The average molecular weight is 378 g/mol. The van der Waals surface area contributed by atoms with Gasteiger partial charge >= 0.3 is 6.03 Å². The second kappa shape index (κ2) is 9.08. The molecule has 28 heavy (non-hydrogen) atoms. The van der Waals surface area contributed by atoms with Crippen LogP contribution in [0, 0.1) is 6.92 Å². The molecule has 146 valence electrons. The number of methoxy groups -OCH3 is 1. The van der Waals surface area contributed by atoms with Gasteiger partial charge in [0, 0.05) is 11.8 Å². The molecule has 2 amide bonds. The molecule has 0 aliphatic carbocycles. The Bertz CT molecular complexity index is 932. The number of hydrogen-bond acceptors (Lipinski definition) is 3. The molecular weight excluding hydrogens is 352 g/mol. The monoisotopic (exact) mass is 378 g/mol. The number of benzene rings is 2. The largest absolute Gasteiger partial charge is 0.497 e. The number of hydrogen-bond donors (Lipinski definition) is 2. The molecular formula is C22H26N4O2. The van der Waals surface area contributed by atoms with Gasteiger partial charge in [-0.2, -0.15) is 5.10 Å². The van der Waals surface area contributed by atoms with Crippen LogP contribution in [0.2, 0.25) is 0 Å². The topological polar surface area (TPSA) is 68.2 Å². The van der Waals surface area contributed by atoms with Gasteiger partial charge in [-0.25, -0.2) is 9.48 Å². The molecule has 6 nitrogen and oxygen atoms in total. The first kappa shape index (κ1) is 19.5. The van der Waals surface area contributed by atoms with Crippen LogP contribution in [0.3, 0.4) is 0 Å². The molecule has 0 spiro atoms. The summed E-state index contributed by atoms with van der Waals surface area (Å²) in [6, 6.07) is 16.9. The summed E-state index contributed by atoms with van der Waals surface area (Å²) in [5.74, 6) is 1.40. The highest BCUT2D eigenvalue weighted by Gasteiger charge is 2.13. The van der Waals surface area contributed by atoms with Gasteiger partial charge in [-0.1, -0.05) is 25.5 Å². The Labute approximate surface area is 165 Å². The standard InChI is InChI=1S/C22H26N4O2/c1-4-5-8-18-15-21(24-22(27)23-17-9-6-7-16(2)14-17)26(25-18)19-10-12-20(28-3)13-11-19/h6-7,9-15H,4-5,8H2,1-3H3,(H2,23,24,27). The van der Waals surface area contributed by atoms with Crippen molar-refractivity contribution >= 4 is 17.5 Å². The molecule has 0 atom stereocenters. The summed E-state index contributed by atoms with van der Waals surface area (Å²) >= 11 is 0. The smallest absolute Gasteiger partial charge is 0.324 e. The zero-order chi connectivity index (χ0) is 19.9. The zero-order valence-electron chi connectivity index (χ0n) is 16.5. The third kappa shape index (κ3) is 4.91.